The molecule has 1 aromatic heterocycles. The van der Waals surface area contributed by atoms with E-state index in [0.717, 1.165) is 20.8 Å². The Kier molecular flexibility index (Phi) is 3.97. The number of nitrogens with zero attached hydrogens (tertiary/aromatic N) is 1. The molecule has 4 heteroatoms. The van der Waals surface area contributed by atoms with Gasteiger partial charge in [0, 0.05) is 0 Å². The number of rotatable bonds is 4. The maximum absolute atomic E-state index is 12.4. The molecule has 3 nitrogen and oxygen atoms in total. The van der Waals surface area contributed by atoms with Crippen LogP contribution in [0.2, 0.25) is 0 Å². The smallest absolute Gasteiger partial charge is 0.320 e. The van der Waals surface area contributed by atoms with Gasteiger partial charge < -0.3 is 4.74 Å². The summed E-state index contributed by atoms with van der Waals surface area (Å²) in [6.07, 6.45) is 0. The summed E-state index contributed by atoms with van der Waals surface area (Å²) in [7, 11) is 0. The minimum atomic E-state index is -0.455. The zero-order valence-corrected chi connectivity index (χ0v) is 12.5. The van der Waals surface area contributed by atoms with Crippen molar-refractivity contribution in [3.8, 4) is 0 Å². The number of hydrogen-bond acceptors (Lipinski definition) is 4. The van der Waals surface area contributed by atoms with Crippen molar-refractivity contribution in [1.29, 1.82) is 0 Å². The summed E-state index contributed by atoms with van der Waals surface area (Å²) in [6.45, 7) is 2.19. The molecule has 0 unspecified atom stereocenters. The third-order valence-electron chi connectivity index (χ3n) is 3.21. The van der Waals surface area contributed by atoms with E-state index in [1.165, 1.54) is 0 Å². The summed E-state index contributed by atoms with van der Waals surface area (Å²) >= 11 is 1.54. The molecule has 0 fully saturated rings. The van der Waals surface area contributed by atoms with Gasteiger partial charge in [0.1, 0.15) is 10.9 Å². The Morgan fingerprint density at radius 2 is 1.86 bits per heavy atom. The molecule has 0 spiro atoms. The predicted molar refractivity (Wildman–Crippen MR) is 84.5 cm³/mol. The molecular formula is C17H15NO2S. The molecule has 0 amide bonds. The maximum Gasteiger partial charge on any atom is 0.320 e. The molecule has 1 atom stereocenters. The Balaban J connectivity index is 2.08. The van der Waals surface area contributed by atoms with Crippen molar-refractivity contribution in [3.05, 3.63) is 65.2 Å². The number of carbonyl (C=O) groups excluding carboxylic acids is 1. The highest BCUT2D eigenvalue weighted by Gasteiger charge is 2.27. The fraction of sp³-hybridized carbons (Fsp3) is 0.176. The highest BCUT2D eigenvalue weighted by molar-refractivity contribution is 7.18. The second kappa shape index (κ2) is 6.06. The van der Waals surface area contributed by atoms with Gasteiger partial charge in [-0.3, -0.25) is 4.79 Å². The third-order valence-corrected chi connectivity index (χ3v) is 4.31. The Bertz CT molecular complexity index is 719. The monoisotopic (exact) mass is 297 g/mol. The van der Waals surface area contributed by atoms with Crippen LogP contribution in [0.3, 0.4) is 0 Å². The van der Waals surface area contributed by atoms with Crippen LogP contribution in [0.15, 0.2) is 54.6 Å². The topological polar surface area (TPSA) is 39.2 Å². The molecule has 1 heterocycles. The average molecular weight is 297 g/mol. The van der Waals surface area contributed by atoms with Gasteiger partial charge in [-0.15, -0.1) is 11.3 Å². The fourth-order valence-electron chi connectivity index (χ4n) is 2.26. The summed E-state index contributed by atoms with van der Waals surface area (Å²) < 4.78 is 6.32. The van der Waals surface area contributed by atoms with E-state index in [1.54, 1.807) is 11.3 Å². The fourth-order valence-corrected chi connectivity index (χ4v) is 3.35. The summed E-state index contributed by atoms with van der Waals surface area (Å²) in [4.78, 5) is 17.0. The minimum absolute atomic E-state index is 0.247. The summed E-state index contributed by atoms with van der Waals surface area (Å²) in [6, 6.07) is 17.6. The minimum Gasteiger partial charge on any atom is -0.465 e. The van der Waals surface area contributed by atoms with Gasteiger partial charge in [0.15, 0.2) is 0 Å². The Morgan fingerprint density at radius 1 is 1.14 bits per heavy atom. The Morgan fingerprint density at radius 3 is 2.57 bits per heavy atom. The van der Waals surface area contributed by atoms with Crippen LogP contribution in [0.1, 0.15) is 23.4 Å². The van der Waals surface area contributed by atoms with Crippen molar-refractivity contribution < 1.29 is 9.53 Å². The second-order valence-electron chi connectivity index (χ2n) is 4.62. The number of ether oxygens (including phenoxy) is 1. The van der Waals surface area contributed by atoms with Crippen molar-refractivity contribution in [2.75, 3.05) is 6.61 Å². The number of thiazole rings is 1. The molecule has 21 heavy (non-hydrogen) atoms. The molecule has 3 aromatic rings. The van der Waals surface area contributed by atoms with Gasteiger partial charge in [-0.05, 0) is 24.6 Å². The predicted octanol–water partition coefficient (Wildman–Crippen LogP) is 3.99. The number of hydrogen-bond donors (Lipinski definition) is 0. The van der Waals surface area contributed by atoms with Gasteiger partial charge in [0.25, 0.3) is 0 Å². The summed E-state index contributed by atoms with van der Waals surface area (Å²) in [5.41, 5.74) is 1.83. The van der Waals surface area contributed by atoms with Crippen molar-refractivity contribution in [1.82, 2.24) is 4.98 Å². The molecule has 2 aromatic carbocycles. The van der Waals surface area contributed by atoms with Crippen LogP contribution in [0.4, 0.5) is 0 Å². The van der Waals surface area contributed by atoms with Crippen molar-refractivity contribution in [3.63, 3.8) is 0 Å². The number of carbonyl (C=O) groups is 1. The number of benzene rings is 2. The average Bonchev–Trinajstić information content (AvgIpc) is 2.92. The van der Waals surface area contributed by atoms with E-state index < -0.39 is 5.92 Å². The number of fused-ring (bicyclic) bond motifs is 1. The molecule has 0 bridgehead atoms. The first-order valence-electron chi connectivity index (χ1n) is 6.86. The van der Waals surface area contributed by atoms with Crippen LogP contribution in [0.25, 0.3) is 10.2 Å². The number of para-hydroxylation sites is 1. The highest BCUT2D eigenvalue weighted by Crippen LogP contribution is 2.32. The van der Waals surface area contributed by atoms with Crippen LogP contribution in [0, 0.1) is 0 Å². The van der Waals surface area contributed by atoms with Gasteiger partial charge in [-0.2, -0.15) is 0 Å². The van der Waals surface area contributed by atoms with Gasteiger partial charge in [-0.1, -0.05) is 42.5 Å². The first-order chi connectivity index (χ1) is 10.3. The zero-order chi connectivity index (χ0) is 14.7. The van der Waals surface area contributed by atoms with Crippen LogP contribution in [-0.2, 0) is 9.53 Å². The van der Waals surface area contributed by atoms with Gasteiger partial charge in [0.2, 0.25) is 0 Å². The first-order valence-corrected chi connectivity index (χ1v) is 7.68. The van der Waals surface area contributed by atoms with Crippen molar-refractivity contribution in [2.45, 2.75) is 12.8 Å². The molecule has 0 aliphatic heterocycles. The molecule has 0 N–H and O–H groups in total. The summed E-state index contributed by atoms with van der Waals surface area (Å²) in [5.74, 6) is -0.702. The van der Waals surface area contributed by atoms with Crippen molar-refractivity contribution >= 4 is 27.5 Å². The molecule has 0 saturated heterocycles. The first kappa shape index (κ1) is 13.8. The lowest BCUT2D eigenvalue weighted by molar-refractivity contribution is -0.143. The molecule has 3 rings (SSSR count). The highest BCUT2D eigenvalue weighted by atomic mass is 32.1. The number of aromatic nitrogens is 1. The largest absolute Gasteiger partial charge is 0.465 e. The van der Waals surface area contributed by atoms with Crippen LogP contribution in [0.5, 0.6) is 0 Å². The van der Waals surface area contributed by atoms with Gasteiger partial charge in [0.05, 0.1) is 16.8 Å². The third kappa shape index (κ3) is 2.81. The Labute approximate surface area is 127 Å². The molecule has 0 saturated carbocycles. The maximum atomic E-state index is 12.4. The van der Waals surface area contributed by atoms with Crippen molar-refractivity contribution in [2.24, 2.45) is 0 Å². The zero-order valence-electron chi connectivity index (χ0n) is 11.7. The molecule has 106 valence electrons. The van der Waals surface area contributed by atoms with E-state index >= 15 is 0 Å². The molecular weight excluding hydrogens is 282 g/mol. The van der Waals surface area contributed by atoms with Crippen LogP contribution < -0.4 is 0 Å². The summed E-state index contributed by atoms with van der Waals surface area (Å²) in [5, 5.41) is 0.779. The van der Waals surface area contributed by atoms with E-state index in [-0.39, 0.29) is 5.97 Å². The normalized spacial score (nSPS) is 12.2. The van der Waals surface area contributed by atoms with E-state index in [2.05, 4.69) is 4.98 Å². The van der Waals surface area contributed by atoms with E-state index in [0.29, 0.717) is 6.61 Å². The quantitative estimate of drug-likeness (QED) is 0.683. The number of esters is 1. The molecule has 0 radical (unpaired) electrons. The van der Waals surface area contributed by atoms with Gasteiger partial charge in [-0.25, -0.2) is 4.98 Å². The standard InChI is InChI=1S/C17H15NO2S/c1-2-20-17(19)15(12-8-4-3-5-9-12)16-18-13-10-6-7-11-14(13)21-16/h3-11,15H,2H2,1H3/t15-/m1/s1. The van der Waals surface area contributed by atoms with Gasteiger partial charge >= 0.3 is 5.97 Å². The Hall–Kier alpha value is -2.20. The van der Waals surface area contributed by atoms with Crippen LogP contribution >= 0.6 is 11.3 Å². The lowest BCUT2D eigenvalue weighted by Crippen LogP contribution is -2.17. The van der Waals surface area contributed by atoms with E-state index in [9.17, 15) is 4.79 Å². The molecule has 0 aliphatic rings. The molecule has 0 aliphatic carbocycles. The lowest BCUT2D eigenvalue weighted by atomic mass is 10.00. The van der Waals surface area contributed by atoms with E-state index in [1.807, 2.05) is 61.5 Å². The SMILES string of the molecule is CCOC(=O)[C@H](c1ccccc1)c1nc2ccccc2s1. The second-order valence-corrected chi connectivity index (χ2v) is 5.68. The van der Waals surface area contributed by atoms with E-state index in [4.69, 9.17) is 4.74 Å². The van der Waals surface area contributed by atoms with Crippen LogP contribution in [-0.4, -0.2) is 17.6 Å². The lowest BCUT2D eigenvalue weighted by Gasteiger charge is -2.13.